The fourth-order valence-electron chi connectivity index (χ4n) is 2.27. The zero-order valence-corrected chi connectivity index (χ0v) is 8.91. The highest BCUT2D eigenvalue weighted by Gasteiger charge is 2.39. The van der Waals surface area contributed by atoms with Gasteiger partial charge in [-0.3, -0.25) is 0 Å². The van der Waals surface area contributed by atoms with Crippen LogP contribution in [0, 0.1) is 5.92 Å². The van der Waals surface area contributed by atoms with Gasteiger partial charge in [0.1, 0.15) is 0 Å². The third kappa shape index (κ3) is 1.57. The number of hydrogen-bond acceptors (Lipinski definition) is 4. The summed E-state index contributed by atoms with van der Waals surface area (Å²) in [5.41, 5.74) is 5.85. The molecule has 2 saturated carbocycles. The lowest BCUT2D eigenvalue weighted by molar-refractivity contribution is 0.227. The van der Waals surface area contributed by atoms with E-state index in [0.717, 1.165) is 36.9 Å². The van der Waals surface area contributed by atoms with Gasteiger partial charge in [-0.15, -0.1) is 0 Å². The van der Waals surface area contributed by atoms with Crippen molar-refractivity contribution in [3.05, 3.63) is 11.7 Å². The van der Waals surface area contributed by atoms with Crippen LogP contribution in [0.1, 0.15) is 50.2 Å². The van der Waals surface area contributed by atoms with Crippen LogP contribution >= 0.6 is 0 Å². The average molecular weight is 207 g/mol. The van der Waals surface area contributed by atoms with Crippen LogP contribution in [0.15, 0.2) is 4.52 Å². The van der Waals surface area contributed by atoms with Crippen molar-refractivity contribution in [1.29, 1.82) is 0 Å². The highest BCUT2D eigenvalue weighted by Crippen LogP contribution is 2.37. The Balaban J connectivity index is 1.69. The van der Waals surface area contributed by atoms with Crippen molar-refractivity contribution in [1.82, 2.24) is 10.1 Å². The first-order valence-electron chi connectivity index (χ1n) is 5.88. The fraction of sp³-hybridized carbons (Fsp3) is 0.818. The molecule has 0 amide bonds. The lowest BCUT2D eigenvalue weighted by atomic mass is 9.77. The Morgan fingerprint density at radius 3 is 2.67 bits per heavy atom. The van der Waals surface area contributed by atoms with Crippen LogP contribution in [0.25, 0.3) is 0 Å². The summed E-state index contributed by atoms with van der Waals surface area (Å²) in [6.07, 6.45) is 8.10. The van der Waals surface area contributed by atoms with Gasteiger partial charge in [-0.1, -0.05) is 11.6 Å². The van der Waals surface area contributed by atoms with E-state index >= 15 is 0 Å². The lowest BCUT2D eigenvalue weighted by Gasteiger charge is -2.34. The van der Waals surface area contributed by atoms with Crippen LogP contribution in [0.4, 0.5) is 0 Å². The Morgan fingerprint density at radius 1 is 1.33 bits per heavy atom. The van der Waals surface area contributed by atoms with Gasteiger partial charge in [0, 0.05) is 6.42 Å². The second kappa shape index (κ2) is 3.30. The average Bonchev–Trinajstić information content (AvgIpc) is 2.56. The molecule has 2 aliphatic carbocycles. The molecule has 3 rings (SSSR count). The summed E-state index contributed by atoms with van der Waals surface area (Å²) < 4.78 is 5.25. The normalized spacial score (nSPS) is 24.6. The van der Waals surface area contributed by atoms with E-state index in [0.29, 0.717) is 0 Å². The minimum absolute atomic E-state index is 0.276. The Labute approximate surface area is 89.2 Å². The van der Waals surface area contributed by atoms with Crippen molar-refractivity contribution < 1.29 is 4.52 Å². The molecular weight excluding hydrogens is 190 g/mol. The number of nitrogens with two attached hydrogens (primary N) is 1. The van der Waals surface area contributed by atoms with E-state index < -0.39 is 0 Å². The van der Waals surface area contributed by atoms with Gasteiger partial charge >= 0.3 is 0 Å². The summed E-state index contributed by atoms with van der Waals surface area (Å²) in [7, 11) is 0. The first-order valence-corrected chi connectivity index (χ1v) is 5.88. The number of rotatable bonds is 3. The van der Waals surface area contributed by atoms with E-state index in [1.54, 1.807) is 0 Å². The third-order valence-electron chi connectivity index (χ3n) is 3.85. The van der Waals surface area contributed by atoms with Crippen molar-refractivity contribution in [3.63, 3.8) is 0 Å². The topological polar surface area (TPSA) is 64.9 Å². The summed E-state index contributed by atoms with van der Waals surface area (Å²) in [6.45, 7) is 0. The van der Waals surface area contributed by atoms with Crippen LogP contribution < -0.4 is 5.73 Å². The van der Waals surface area contributed by atoms with Crippen molar-refractivity contribution >= 4 is 0 Å². The number of nitrogens with zero attached hydrogens (tertiary/aromatic N) is 2. The smallest absolute Gasteiger partial charge is 0.226 e. The zero-order valence-electron chi connectivity index (χ0n) is 8.91. The SMILES string of the molecule is NC1(c2noc(CC3CCC3)n2)CCC1. The highest BCUT2D eigenvalue weighted by molar-refractivity contribution is 5.08. The van der Waals surface area contributed by atoms with Gasteiger partial charge in [0.2, 0.25) is 5.89 Å². The number of aromatic nitrogens is 2. The second-order valence-corrected chi connectivity index (χ2v) is 5.02. The van der Waals surface area contributed by atoms with E-state index in [9.17, 15) is 0 Å². The molecule has 1 aromatic heterocycles. The molecule has 4 heteroatoms. The van der Waals surface area contributed by atoms with E-state index in [1.807, 2.05) is 0 Å². The van der Waals surface area contributed by atoms with Crippen LogP contribution in [-0.2, 0) is 12.0 Å². The fourth-order valence-corrected chi connectivity index (χ4v) is 2.27. The zero-order chi connectivity index (χ0) is 10.3. The maximum atomic E-state index is 6.13. The molecule has 2 N–H and O–H groups in total. The van der Waals surface area contributed by atoms with Gasteiger partial charge in [-0.05, 0) is 38.0 Å². The predicted octanol–water partition coefficient (Wildman–Crippen LogP) is 1.75. The second-order valence-electron chi connectivity index (χ2n) is 5.02. The molecule has 1 heterocycles. The molecule has 82 valence electrons. The van der Waals surface area contributed by atoms with Crippen molar-refractivity contribution in [2.24, 2.45) is 11.7 Å². The molecule has 15 heavy (non-hydrogen) atoms. The van der Waals surface area contributed by atoms with E-state index in [1.165, 1.54) is 25.7 Å². The Morgan fingerprint density at radius 2 is 2.13 bits per heavy atom. The summed E-state index contributed by atoms with van der Waals surface area (Å²) in [4.78, 5) is 4.42. The molecule has 0 radical (unpaired) electrons. The van der Waals surface area contributed by atoms with Crippen molar-refractivity contribution in [2.45, 2.75) is 50.5 Å². The standard InChI is InChI=1S/C11H17N3O/c12-11(5-2-6-11)10-13-9(15-14-10)7-8-3-1-4-8/h8H,1-7,12H2. The largest absolute Gasteiger partial charge is 0.339 e. The molecule has 0 atom stereocenters. The maximum absolute atomic E-state index is 6.13. The van der Waals surface area contributed by atoms with Crippen LogP contribution in [0.2, 0.25) is 0 Å². The lowest BCUT2D eigenvalue weighted by Crippen LogP contribution is -2.44. The molecule has 0 unspecified atom stereocenters. The summed E-state index contributed by atoms with van der Waals surface area (Å²) in [5.74, 6) is 2.28. The third-order valence-corrected chi connectivity index (χ3v) is 3.85. The van der Waals surface area contributed by atoms with Crippen molar-refractivity contribution in [2.75, 3.05) is 0 Å². The van der Waals surface area contributed by atoms with E-state index in [4.69, 9.17) is 10.3 Å². The van der Waals surface area contributed by atoms with Gasteiger partial charge in [0.15, 0.2) is 5.82 Å². The Hall–Kier alpha value is -0.900. The summed E-state index contributed by atoms with van der Waals surface area (Å²) in [6, 6.07) is 0. The van der Waals surface area contributed by atoms with E-state index in [-0.39, 0.29) is 5.54 Å². The van der Waals surface area contributed by atoms with Crippen LogP contribution in [0.5, 0.6) is 0 Å². The van der Waals surface area contributed by atoms with Gasteiger partial charge in [0.05, 0.1) is 5.54 Å². The monoisotopic (exact) mass is 207 g/mol. The first-order chi connectivity index (χ1) is 7.26. The molecule has 0 saturated heterocycles. The molecule has 4 nitrogen and oxygen atoms in total. The highest BCUT2D eigenvalue weighted by atomic mass is 16.5. The molecule has 2 fully saturated rings. The van der Waals surface area contributed by atoms with Gasteiger partial charge in [0.25, 0.3) is 0 Å². The molecule has 0 aliphatic heterocycles. The maximum Gasteiger partial charge on any atom is 0.226 e. The molecule has 2 aliphatic rings. The quantitative estimate of drug-likeness (QED) is 0.820. The Bertz CT molecular complexity index is 352. The first kappa shape index (κ1) is 9.33. The van der Waals surface area contributed by atoms with Gasteiger partial charge in [-0.2, -0.15) is 4.98 Å². The van der Waals surface area contributed by atoms with Gasteiger partial charge < -0.3 is 10.3 Å². The van der Waals surface area contributed by atoms with Crippen LogP contribution in [0.3, 0.4) is 0 Å². The van der Waals surface area contributed by atoms with E-state index in [2.05, 4.69) is 10.1 Å². The molecular formula is C11H17N3O. The molecule has 0 spiro atoms. The molecule has 1 aromatic rings. The predicted molar refractivity (Wildman–Crippen MR) is 55.1 cm³/mol. The molecule has 0 aromatic carbocycles. The minimum atomic E-state index is -0.276. The van der Waals surface area contributed by atoms with Crippen molar-refractivity contribution in [3.8, 4) is 0 Å². The van der Waals surface area contributed by atoms with Gasteiger partial charge in [-0.25, -0.2) is 0 Å². The summed E-state index contributed by atoms with van der Waals surface area (Å²) in [5, 5.41) is 4.01. The molecule has 0 bridgehead atoms. The van der Waals surface area contributed by atoms with Crippen LogP contribution in [-0.4, -0.2) is 10.1 Å². The summed E-state index contributed by atoms with van der Waals surface area (Å²) >= 11 is 0. The number of hydrogen-bond donors (Lipinski definition) is 1. The minimum Gasteiger partial charge on any atom is -0.339 e. The Kier molecular flexibility index (Phi) is 2.06.